The van der Waals surface area contributed by atoms with E-state index in [1.165, 1.54) is 18.3 Å². The Labute approximate surface area is 317 Å². The Morgan fingerprint density at radius 2 is 1.65 bits per heavy atom. The highest BCUT2D eigenvalue weighted by molar-refractivity contribution is 7.70. The van der Waals surface area contributed by atoms with E-state index in [0.717, 1.165) is 4.68 Å². The van der Waals surface area contributed by atoms with Crippen LogP contribution in [0.4, 0.5) is 14.6 Å². The van der Waals surface area contributed by atoms with E-state index >= 15 is 0 Å². The molecule has 1 unspecified atom stereocenters. The summed E-state index contributed by atoms with van der Waals surface area (Å²) in [6.45, 7) is 5.27. The molecule has 2 aromatic heterocycles. The third-order valence-electron chi connectivity index (χ3n) is 7.82. The van der Waals surface area contributed by atoms with Gasteiger partial charge in [0.25, 0.3) is 0 Å². The predicted octanol–water partition coefficient (Wildman–Crippen LogP) is 2.02. The SMILES string of the molecule is C=CCOCCOCCOCCOCCN(Cc1cccc2c1OC(F)(F)O2)c1nc(Cl)nc2c1cnn2[C@@H]1O[C@H](COP(=O)(O)CP(=O)(O)O)[C@@H](O)[C@H]1O. The summed E-state index contributed by atoms with van der Waals surface area (Å²) in [5, 5.41) is 25.7. The Morgan fingerprint density at radius 3 is 2.33 bits per heavy atom. The van der Waals surface area contributed by atoms with E-state index in [1.807, 2.05) is 0 Å². The molecule has 20 nitrogen and oxygen atoms in total. The zero-order valence-corrected chi connectivity index (χ0v) is 31.5. The fourth-order valence-corrected chi connectivity index (χ4v) is 8.19. The molecule has 0 bridgehead atoms. The summed E-state index contributed by atoms with van der Waals surface area (Å²) in [7, 11) is -9.74. The van der Waals surface area contributed by atoms with E-state index in [4.69, 9.17) is 54.3 Å². The molecule has 0 spiro atoms. The molecule has 25 heteroatoms. The number of hydrogen-bond acceptors (Lipinski definition) is 16. The highest BCUT2D eigenvalue weighted by atomic mass is 35.5. The molecule has 4 heterocycles. The van der Waals surface area contributed by atoms with Crippen molar-refractivity contribution in [2.45, 2.75) is 37.4 Å². The smallest absolute Gasteiger partial charge is 0.395 e. The van der Waals surface area contributed by atoms with Crippen molar-refractivity contribution in [3.63, 3.8) is 0 Å². The number of aliphatic hydroxyl groups is 2. The van der Waals surface area contributed by atoms with Crippen molar-refractivity contribution in [1.29, 1.82) is 0 Å². The number of rotatable bonds is 23. The van der Waals surface area contributed by atoms with Crippen molar-refractivity contribution in [2.75, 3.05) is 76.8 Å². The largest absolute Gasteiger partial charge is 0.586 e. The van der Waals surface area contributed by atoms with Gasteiger partial charge in [0.2, 0.25) is 5.28 Å². The number of alkyl halides is 2. The van der Waals surface area contributed by atoms with E-state index in [-0.39, 0.29) is 66.5 Å². The van der Waals surface area contributed by atoms with Crippen LogP contribution in [0.1, 0.15) is 11.8 Å². The van der Waals surface area contributed by atoms with Crippen LogP contribution < -0.4 is 14.4 Å². The molecule has 1 aromatic carbocycles. The summed E-state index contributed by atoms with van der Waals surface area (Å²) in [6, 6.07) is 4.39. The van der Waals surface area contributed by atoms with E-state index in [1.54, 1.807) is 17.0 Å². The molecule has 0 amide bonds. The van der Waals surface area contributed by atoms with Gasteiger partial charge >= 0.3 is 21.5 Å². The zero-order valence-electron chi connectivity index (χ0n) is 29.0. The molecule has 1 fully saturated rings. The number of benzene rings is 1. The Morgan fingerprint density at radius 1 is 0.982 bits per heavy atom. The molecule has 2 aliphatic heterocycles. The fourth-order valence-electron chi connectivity index (χ4n) is 5.46. The lowest BCUT2D eigenvalue weighted by Crippen LogP contribution is -2.33. The van der Waals surface area contributed by atoms with Gasteiger partial charge in [-0.1, -0.05) is 18.2 Å². The summed E-state index contributed by atoms with van der Waals surface area (Å²) in [6.07, 6.45) is -7.24. The Hall–Kier alpha value is -2.92. The molecule has 1 saturated heterocycles. The van der Waals surface area contributed by atoms with Crippen LogP contribution in [-0.2, 0) is 43.9 Å². The molecule has 0 aliphatic carbocycles. The van der Waals surface area contributed by atoms with Gasteiger partial charge in [-0.25, -0.2) is 4.68 Å². The van der Waals surface area contributed by atoms with Crippen LogP contribution in [0.25, 0.3) is 11.0 Å². The molecule has 55 heavy (non-hydrogen) atoms. The minimum atomic E-state index is -4.93. The number of anilines is 1. The maximum atomic E-state index is 14.1. The molecular weight excluding hydrogens is 806 g/mol. The van der Waals surface area contributed by atoms with Crippen molar-refractivity contribution in [1.82, 2.24) is 19.7 Å². The minimum Gasteiger partial charge on any atom is -0.395 e. The molecule has 0 saturated carbocycles. The zero-order chi connectivity index (χ0) is 39.8. The van der Waals surface area contributed by atoms with Crippen LogP contribution in [0.15, 0.2) is 37.1 Å². The Balaban J connectivity index is 1.30. The van der Waals surface area contributed by atoms with E-state index < -0.39 is 58.5 Å². The van der Waals surface area contributed by atoms with Gasteiger partial charge in [0.05, 0.1) is 71.0 Å². The number of para-hydroxylation sites is 1. The van der Waals surface area contributed by atoms with Crippen molar-refractivity contribution < 1.29 is 80.5 Å². The number of ether oxygens (including phenoxy) is 7. The molecule has 5 rings (SSSR count). The van der Waals surface area contributed by atoms with Gasteiger partial charge < -0.3 is 67.5 Å². The summed E-state index contributed by atoms with van der Waals surface area (Å²) in [4.78, 5) is 38.2. The second-order valence-corrected chi connectivity index (χ2v) is 16.3. The second-order valence-electron chi connectivity index (χ2n) is 12.0. The molecule has 5 atom stereocenters. The van der Waals surface area contributed by atoms with Gasteiger partial charge in [-0.05, 0) is 17.7 Å². The summed E-state index contributed by atoms with van der Waals surface area (Å²) in [5.74, 6) is -1.68. The highest BCUT2D eigenvalue weighted by Gasteiger charge is 2.47. The van der Waals surface area contributed by atoms with Crippen LogP contribution in [0.2, 0.25) is 5.28 Å². The average molecular weight is 846 g/mol. The van der Waals surface area contributed by atoms with Crippen LogP contribution in [-0.4, -0.2) is 141 Å². The summed E-state index contributed by atoms with van der Waals surface area (Å²) in [5.41, 5.74) is 0.295. The summed E-state index contributed by atoms with van der Waals surface area (Å²) < 4.78 is 94.4. The predicted molar refractivity (Wildman–Crippen MR) is 186 cm³/mol. The van der Waals surface area contributed by atoms with Crippen LogP contribution in [0, 0.1) is 0 Å². The van der Waals surface area contributed by atoms with Gasteiger partial charge in [-0.3, -0.25) is 9.13 Å². The molecule has 306 valence electrons. The normalized spacial score (nSPS) is 21.6. The number of hydrogen-bond donors (Lipinski definition) is 5. The number of aliphatic hydroxyl groups excluding tert-OH is 2. The lowest BCUT2D eigenvalue weighted by molar-refractivity contribution is -0.287. The van der Waals surface area contributed by atoms with Gasteiger partial charge in [-0.15, -0.1) is 15.4 Å². The number of halogens is 3. The standard InChI is InChI=1S/C30H40ClF2N5O15P2/c1-2-7-46-9-11-48-13-14-49-12-10-47-8-6-37(16-19-4-3-5-21-25(19)53-30(32,33)52-21)26-20-15-34-38(27(20)36-29(31)35-26)28-24(40)23(39)22(51-28)17-50-55(44,45)18-54(41,42)43/h2-5,15,22-24,28,39-40H,1,6-14,16-18H2,(H,44,45)(H2,41,42,43)/t22-,23-,24-,28-/m1/s1. The van der Waals surface area contributed by atoms with Crippen molar-refractivity contribution in [2.24, 2.45) is 0 Å². The monoisotopic (exact) mass is 845 g/mol. The van der Waals surface area contributed by atoms with Gasteiger partial charge in [0, 0.05) is 18.7 Å². The van der Waals surface area contributed by atoms with E-state index in [9.17, 15) is 33.0 Å². The minimum absolute atomic E-state index is 0.000333. The summed E-state index contributed by atoms with van der Waals surface area (Å²) >= 11 is 6.37. The molecule has 2 aliphatic rings. The first-order valence-electron chi connectivity index (χ1n) is 16.6. The second kappa shape index (κ2) is 19.0. The van der Waals surface area contributed by atoms with E-state index in [0.29, 0.717) is 38.6 Å². The number of aromatic nitrogens is 4. The fraction of sp³-hybridized carbons (Fsp3) is 0.567. The Kier molecular flexibility index (Phi) is 14.9. The van der Waals surface area contributed by atoms with Gasteiger partial charge in [0.1, 0.15) is 24.1 Å². The third-order valence-corrected chi connectivity index (χ3v) is 11.4. The van der Waals surface area contributed by atoms with Gasteiger partial charge in [0.15, 0.2) is 29.3 Å². The quantitative estimate of drug-likeness (QED) is 0.0396. The van der Waals surface area contributed by atoms with Crippen LogP contribution in [0.5, 0.6) is 11.5 Å². The first-order valence-corrected chi connectivity index (χ1v) is 20.5. The molecule has 3 aromatic rings. The highest BCUT2D eigenvalue weighted by Crippen LogP contribution is 2.55. The van der Waals surface area contributed by atoms with Crippen LogP contribution >= 0.6 is 26.8 Å². The topological polar surface area (TPSA) is 256 Å². The van der Waals surface area contributed by atoms with Gasteiger partial charge in [-0.2, -0.15) is 15.1 Å². The van der Waals surface area contributed by atoms with Crippen molar-refractivity contribution >= 4 is 43.6 Å². The van der Waals surface area contributed by atoms with Crippen molar-refractivity contribution in [3.8, 4) is 11.5 Å². The third kappa shape index (κ3) is 12.0. The Bertz CT molecular complexity index is 1860. The van der Waals surface area contributed by atoms with E-state index in [2.05, 4.69) is 26.4 Å². The molecule has 0 radical (unpaired) electrons. The lowest BCUT2D eigenvalue weighted by Gasteiger charge is -2.25. The average Bonchev–Trinajstić information content (AvgIpc) is 3.75. The molecular formula is C30H40ClF2N5O15P2. The maximum Gasteiger partial charge on any atom is 0.586 e. The van der Waals surface area contributed by atoms with Crippen LogP contribution in [0.3, 0.4) is 0 Å². The number of fused-ring (bicyclic) bond motifs is 2. The lowest BCUT2D eigenvalue weighted by atomic mass is 10.1. The number of nitrogens with zero attached hydrogens (tertiary/aromatic N) is 5. The molecule has 5 N–H and O–H groups in total. The van der Waals surface area contributed by atoms with Crippen molar-refractivity contribution in [3.05, 3.63) is 47.9 Å². The maximum absolute atomic E-state index is 14.1. The first kappa shape index (κ1) is 43.2. The first-order chi connectivity index (χ1) is 26.1.